The van der Waals surface area contributed by atoms with Gasteiger partial charge in [0.1, 0.15) is 11.9 Å². The minimum atomic E-state index is -0.755. The molecule has 15 heavy (non-hydrogen) atoms. The number of benzene rings is 1. The van der Waals surface area contributed by atoms with Crippen molar-refractivity contribution in [2.24, 2.45) is 0 Å². The van der Waals surface area contributed by atoms with Gasteiger partial charge in [0.25, 0.3) is 0 Å². The van der Waals surface area contributed by atoms with Gasteiger partial charge in [-0.15, -0.1) is 0 Å². The molecule has 0 N–H and O–H groups in total. The first-order valence-electron chi connectivity index (χ1n) is 4.27. The van der Waals surface area contributed by atoms with Gasteiger partial charge < -0.3 is 10.3 Å². The number of nitrogens with zero attached hydrogens (tertiary/aromatic N) is 2. The number of carbonyl (C=O) groups is 1. The van der Waals surface area contributed by atoms with Crippen LogP contribution in [-0.4, -0.2) is 17.0 Å². The van der Waals surface area contributed by atoms with Crippen LogP contribution in [0.5, 0.6) is 0 Å². The molecule has 0 amide bonds. The second-order valence-electron chi connectivity index (χ2n) is 2.88. The van der Waals surface area contributed by atoms with E-state index in [1.807, 2.05) is 0 Å². The zero-order chi connectivity index (χ0) is 11.3. The molecule has 1 atom stereocenters. The van der Waals surface area contributed by atoms with Crippen LogP contribution in [0.1, 0.15) is 18.6 Å². The van der Waals surface area contributed by atoms with Crippen molar-refractivity contribution in [1.82, 2.24) is 0 Å². The van der Waals surface area contributed by atoms with Crippen molar-refractivity contribution in [3.8, 4) is 0 Å². The van der Waals surface area contributed by atoms with Gasteiger partial charge in [-0.1, -0.05) is 12.1 Å². The molecular weight excluding hydrogens is 199 g/mol. The molecule has 0 heterocycles. The van der Waals surface area contributed by atoms with Crippen molar-refractivity contribution in [1.29, 1.82) is 0 Å². The summed E-state index contributed by atoms with van der Waals surface area (Å²) in [5, 5.41) is 0. The summed E-state index contributed by atoms with van der Waals surface area (Å²) in [4.78, 5) is 13.4. The maximum atomic E-state index is 12.6. The predicted octanol–water partition coefficient (Wildman–Crippen LogP) is 1.73. The van der Waals surface area contributed by atoms with Crippen LogP contribution in [0.3, 0.4) is 0 Å². The fraction of sp³-hybridized carbons (Fsp3) is 0.200. The summed E-state index contributed by atoms with van der Waals surface area (Å²) in [5.41, 5.74) is 8.74. The van der Waals surface area contributed by atoms with Crippen LogP contribution < -0.4 is 0 Å². The lowest BCUT2D eigenvalue weighted by molar-refractivity contribution is -0.143. The van der Waals surface area contributed by atoms with E-state index in [0.29, 0.717) is 11.8 Å². The average molecular weight is 208 g/mol. The highest BCUT2D eigenvalue weighted by Crippen LogP contribution is 2.16. The van der Waals surface area contributed by atoms with Gasteiger partial charge in [-0.3, -0.25) is 0 Å². The number of esters is 1. The van der Waals surface area contributed by atoms with Gasteiger partial charge in [0, 0.05) is 0 Å². The van der Waals surface area contributed by atoms with Crippen molar-refractivity contribution in [3.63, 3.8) is 0 Å². The summed E-state index contributed by atoms with van der Waals surface area (Å²) in [6.45, 7) is 1.64. The van der Waals surface area contributed by atoms with Crippen LogP contribution in [0.25, 0.3) is 5.53 Å². The first kappa shape index (κ1) is 11.1. The lowest BCUT2D eigenvalue weighted by atomic mass is 10.1. The Morgan fingerprint density at radius 2 is 2.13 bits per heavy atom. The number of rotatable bonds is 3. The van der Waals surface area contributed by atoms with Crippen molar-refractivity contribution in [3.05, 3.63) is 41.2 Å². The van der Waals surface area contributed by atoms with Gasteiger partial charge in [-0.05, 0) is 24.6 Å². The summed E-state index contributed by atoms with van der Waals surface area (Å²) in [7, 11) is 0. The van der Waals surface area contributed by atoms with Crippen LogP contribution >= 0.6 is 0 Å². The molecule has 0 bridgehead atoms. The fourth-order valence-corrected chi connectivity index (χ4v) is 1.05. The molecule has 5 heteroatoms. The Balaban J connectivity index is 2.68. The Morgan fingerprint density at radius 3 is 2.67 bits per heavy atom. The minimum absolute atomic E-state index is 0.353. The third kappa shape index (κ3) is 3.32. The zero-order valence-electron chi connectivity index (χ0n) is 8.05. The Kier molecular flexibility index (Phi) is 3.71. The summed E-state index contributed by atoms with van der Waals surface area (Å²) in [6.07, 6.45) is 0.135. The van der Waals surface area contributed by atoms with Gasteiger partial charge in [0.2, 0.25) is 0 Å². The van der Waals surface area contributed by atoms with Crippen LogP contribution in [0, 0.1) is 5.82 Å². The smallest absolute Gasteiger partial charge is 0.414 e. The molecule has 0 fully saturated rings. The van der Waals surface area contributed by atoms with Crippen molar-refractivity contribution in [2.75, 3.05) is 0 Å². The van der Waals surface area contributed by atoms with E-state index in [9.17, 15) is 9.18 Å². The molecule has 0 aliphatic rings. The fourth-order valence-electron chi connectivity index (χ4n) is 1.05. The largest absolute Gasteiger partial charge is 0.449 e. The standard InChI is InChI=1S/C10H9FN2O2/c1-7(15-10(14)6-13-12)8-2-4-9(11)5-3-8/h2-7H,1H3. The quantitative estimate of drug-likeness (QED) is 0.328. The first-order chi connectivity index (χ1) is 7.13. The number of carbonyl (C=O) groups excluding carboxylic acids is 1. The molecule has 1 aromatic carbocycles. The van der Waals surface area contributed by atoms with Crippen molar-refractivity contribution >= 4 is 12.2 Å². The lowest BCUT2D eigenvalue weighted by Crippen LogP contribution is -2.10. The van der Waals surface area contributed by atoms with E-state index < -0.39 is 12.1 Å². The van der Waals surface area contributed by atoms with Crippen LogP contribution in [0.15, 0.2) is 24.3 Å². The number of halogens is 1. The van der Waals surface area contributed by atoms with E-state index >= 15 is 0 Å². The van der Waals surface area contributed by atoms with E-state index in [0.717, 1.165) is 0 Å². The molecule has 1 aromatic rings. The van der Waals surface area contributed by atoms with Crippen molar-refractivity contribution in [2.45, 2.75) is 13.0 Å². The van der Waals surface area contributed by atoms with Gasteiger partial charge in [-0.2, -0.15) is 4.79 Å². The predicted molar refractivity (Wildman–Crippen MR) is 50.6 cm³/mol. The third-order valence-corrected chi connectivity index (χ3v) is 1.80. The normalized spacial score (nSPS) is 11.3. The number of ether oxygens (including phenoxy) is 1. The highest BCUT2D eigenvalue weighted by atomic mass is 19.1. The monoisotopic (exact) mass is 208 g/mol. The van der Waals surface area contributed by atoms with Gasteiger partial charge in [0.05, 0.1) is 0 Å². The SMILES string of the molecule is CC(OC(=O)C=[N+]=[N-])c1ccc(F)cc1. The summed E-state index contributed by atoms with van der Waals surface area (Å²) in [5.74, 6) is -1.11. The van der Waals surface area contributed by atoms with Crippen LogP contribution in [0.2, 0.25) is 0 Å². The summed E-state index contributed by atoms with van der Waals surface area (Å²) in [6, 6.07) is 5.59. The molecular formula is C10H9FN2O2. The number of hydrogen-bond acceptors (Lipinski definition) is 2. The molecule has 0 radical (unpaired) electrons. The Bertz CT molecular complexity index is 396. The van der Waals surface area contributed by atoms with Crippen LogP contribution in [-0.2, 0) is 9.53 Å². The van der Waals surface area contributed by atoms with E-state index in [2.05, 4.69) is 4.79 Å². The Labute approximate surface area is 85.9 Å². The molecule has 0 saturated heterocycles. The maximum Gasteiger partial charge on any atom is 0.414 e. The molecule has 78 valence electrons. The summed E-state index contributed by atoms with van der Waals surface area (Å²) >= 11 is 0. The first-order valence-corrected chi connectivity index (χ1v) is 4.27. The Morgan fingerprint density at radius 1 is 1.53 bits per heavy atom. The lowest BCUT2D eigenvalue weighted by Gasteiger charge is -2.10. The maximum absolute atomic E-state index is 12.6. The molecule has 0 aromatic heterocycles. The van der Waals surface area contributed by atoms with Gasteiger partial charge in [-0.25, -0.2) is 9.18 Å². The van der Waals surface area contributed by atoms with Crippen LogP contribution in [0.4, 0.5) is 4.39 Å². The average Bonchev–Trinajstić information content (AvgIpc) is 2.18. The zero-order valence-corrected chi connectivity index (χ0v) is 8.05. The van der Waals surface area contributed by atoms with Gasteiger partial charge in [0.15, 0.2) is 0 Å². The molecule has 1 unspecified atom stereocenters. The second-order valence-corrected chi connectivity index (χ2v) is 2.88. The highest BCUT2D eigenvalue weighted by Gasteiger charge is 2.12. The van der Waals surface area contributed by atoms with E-state index in [-0.39, 0.29) is 5.82 Å². The summed E-state index contributed by atoms with van der Waals surface area (Å²) < 4.78 is 17.4. The molecule has 1 rings (SSSR count). The topological polar surface area (TPSA) is 62.7 Å². The molecule has 4 nitrogen and oxygen atoms in total. The van der Waals surface area contributed by atoms with E-state index in [1.165, 1.54) is 24.3 Å². The minimum Gasteiger partial charge on any atom is -0.449 e. The van der Waals surface area contributed by atoms with E-state index in [1.54, 1.807) is 6.92 Å². The molecule has 0 aliphatic heterocycles. The Hall–Kier alpha value is -2.00. The third-order valence-electron chi connectivity index (χ3n) is 1.80. The van der Waals surface area contributed by atoms with Crippen molar-refractivity contribution < 1.29 is 18.7 Å². The second kappa shape index (κ2) is 5.02. The van der Waals surface area contributed by atoms with E-state index in [4.69, 9.17) is 10.3 Å². The molecule has 0 spiro atoms. The molecule has 0 saturated carbocycles. The van der Waals surface area contributed by atoms with Gasteiger partial charge >= 0.3 is 12.2 Å². The molecule has 0 aliphatic carbocycles. The number of hydrogen-bond donors (Lipinski definition) is 0. The highest BCUT2D eigenvalue weighted by molar-refractivity contribution is 6.20.